The minimum atomic E-state index is -0.415. The number of nitrogens with zero attached hydrogens (tertiary/aromatic N) is 5. The summed E-state index contributed by atoms with van der Waals surface area (Å²) in [5.74, 6) is -1.38. The fourth-order valence-electron chi connectivity index (χ4n) is 6.01. The summed E-state index contributed by atoms with van der Waals surface area (Å²) < 4.78 is 15.6. The molecule has 2 aliphatic heterocycles. The van der Waals surface area contributed by atoms with Crippen LogP contribution in [0.1, 0.15) is 69.0 Å². The quantitative estimate of drug-likeness (QED) is 0.441. The number of rotatable bonds is 6. The predicted molar refractivity (Wildman–Crippen MR) is 146 cm³/mol. The summed E-state index contributed by atoms with van der Waals surface area (Å²) in [7, 11) is 3.74. The van der Waals surface area contributed by atoms with Crippen LogP contribution in [-0.2, 0) is 18.4 Å². The molecule has 0 spiro atoms. The second-order valence-corrected chi connectivity index (χ2v) is 10.6. The Morgan fingerprint density at radius 2 is 1.90 bits per heavy atom. The third-order valence-corrected chi connectivity index (χ3v) is 8.23. The van der Waals surface area contributed by atoms with E-state index in [1.165, 1.54) is 17.0 Å². The number of piperidine rings is 1. The molecule has 3 aromatic rings. The summed E-state index contributed by atoms with van der Waals surface area (Å²) >= 11 is 0. The van der Waals surface area contributed by atoms with Crippen LogP contribution in [0.3, 0.4) is 0 Å². The van der Waals surface area contributed by atoms with Gasteiger partial charge in [0.05, 0.1) is 41.0 Å². The number of aryl methyl sites for hydroxylation is 2. The number of fused-ring (bicyclic) bond motifs is 1. The topological polar surface area (TPSA) is 78.8 Å². The van der Waals surface area contributed by atoms with E-state index in [1.54, 1.807) is 29.2 Å². The molecule has 1 saturated heterocycles. The van der Waals surface area contributed by atoms with Crippen LogP contribution in [0.15, 0.2) is 42.5 Å². The molecule has 2 atom stereocenters. The highest BCUT2D eigenvalue weighted by atomic mass is 19.1. The van der Waals surface area contributed by atoms with Crippen molar-refractivity contribution in [2.75, 3.05) is 25.0 Å². The summed E-state index contributed by atoms with van der Waals surface area (Å²) in [5, 5.41) is 4.51. The summed E-state index contributed by atoms with van der Waals surface area (Å²) in [6, 6.07) is 11.1. The van der Waals surface area contributed by atoms with Gasteiger partial charge in [0.1, 0.15) is 5.82 Å². The van der Waals surface area contributed by atoms with Gasteiger partial charge in [-0.05, 0) is 63.4 Å². The molecule has 0 aliphatic carbocycles. The first-order valence-corrected chi connectivity index (χ1v) is 13.3. The first-order valence-electron chi connectivity index (χ1n) is 13.3. The van der Waals surface area contributed by atoms with E-state index in [2.05, 4.69) is 10.00 Å². The number of aromatic nitrogens is 2. The average Bonchev–Trinajstić information content (AvgIpc) is 3.33. The third-order valence-electron chi connectivity index (χ3n) is 8.23. The Bertz CT molecular complexity index is 1460. The Labute approximate surface area is 228 Å². The first kappa shape index (κ1) is 26.6. The molecule has 3 heterocycles. The number of hydrogen-bond acceptors (Lipinski definition) is 5. The third kappa shape index (κ3) is 4.70. The lowest BCUT2D eigenvalue weighted by molar-refractivity contribution is -0.136. The average molecular weight is 532 g/mol. The van der Waals surface area contributed by atoms with Crippen molar-refractivity contribution in [1.29, 1.82) is 0 Å². The van der Waals surface area contributed by atoms with Gasteiger partial charge in [-0.3, -0.25) is 24.0 Å². The zero-order valence-corrected chi connectivity index (χ0v) is 23.1. The minimum absolute atomic E-state index is 0.000513. The van der Waals surface area contributed by atoms with Gasteiger partial charge in [0, 0.05) is 38.4 Å². The van der Waals surface area contributed by atoms with Gasteiger partial charge in [-0.25, -0.2) is 4.39 Å². The molecule has 1 aromatic heterocycles. The van der Waals surface area contributed by atoms with Crippen LogP contribution in [0.2, 0.25) is 0 Å². The van der Waals surface area contributed by atoms with Crippen molar-refractivity contribution >= 4 is 23.4 Å². The molecule has 8 nitrogen and oxygen atoms in total. The summed E-state index contributed by atoms with van der Waals surface area (Å²) in [4.78, 5) is 45.4. The van der Waals surface area contributed by atoms with Crippen LogP contribution in [-0.4, -0.2) is 57.4 Å². The first-order chi connectivity index (χ1) is 18.6. The number of hydrogen-bond donors (Lipinski definition) is 0. The van der Waals surface area contributed by atoms with Crippen LogP contribution < -0.4 is 4.90 Å². The normalized spacial score (nSPS) is 17.9. The fourth-order valence-corrected chi connectivity index (χ4v) is 6.01. The number of benzene rings is 2. The van der Waals surface area contributed by atoms with Gasteiger partial charge in [0.25, 0.3) is 11.8 Å². The van der Waals surface area contributed by atoms with Crippen molar-refractivity contribution < 1.29 is 18.8 Å². The maximum Gasteiger partial charge on any atom is 0.263 e. The predicted octanol–water partition coefficient (Wildman–Crippen LogP) is 4.41. The molecule has 39 heavy (non-hydrogen) atoms. The highest BCUT2D eigenvalue weighted by molar-refractivity contribution is 6.23. The minimum Gasteiger partial charge on any atom is -0.370 e. The Balaban J connectivity index is 1.36. The fraction of sp³-hybridized carbons (Fsp3) is 0.400. The zero-order chi connectivity index (χ0) is 28.0. The van der Waals surface area contributed by atoms with E-state index >= 15 is 0 Å². The van der Waals surface area contributed by atoms with E-state index < -0.39 is 11.7 Å². The van der Waals surface area contributed by atoms with Gasteiger partial charge in [-0.15, -0.1) is 0 Å². The van der Waals surface area contributed by atoms with Crippen molar-refractivity contribution in [2.45, 2.75) is 46.2 Å². The molecule has 0 N–H and O–H groups in total. The Morgan fingerprint density at radius 3 is 2.59 bits per heavy atom. The molecule has 0 bridgehead atoms. The smallest absolute Gasteiger partial charge is 0.263 e. The lowest BCUT2D eigenvalue weighted by atomic mass is 9.94. The standard InChI is InChI=1S/C30H34FN5O3/c1-18-26(20(3)34(5)32-18)19(2)33(4)28(37)22-10-8-14-35(17-22)25-13-7-12-24-27(25)30(39)36(29(24)38)16-21-9-6-11-23(31)15-21/h6-7,9,11-13,15,19,22H,8,10,14,16-17H2,1-5H3/t19-,22+/m0/s1. The molecule has 9 heteroatoms. The zero-order valence-electron chi connectivity index (χ0n) is 23.1. The molecular weight excluding hydrogens is 497 g/mol. The number of amides is 3. The van der Waals surface area contributed by atoms with Crippen molar-refractivity contribution in [3.05, 3.63) is 81.9 Å². The van der Waals surface area contributed by atoms with Crippen LogP contribution in [0.25, 0.3) is 0 Å². The molecule has 3 amide bonds. The second-order valence-electron chi connectivity index (χ2n) is 10.6. The Kier molecular flexibility index (Phi) is 7.01. The van der Waals surface area contributed by atoms with Gasteiger partial charge in [-0.2, -0.15) is 5.10 Å². The highest BCUT2D eigenvalue weighted by Crippen LogP contribution is 2.36. The number of halogens is 1. The Morgan fingerprint density at radius 1 is 1.15 bits per heavy atom. The van der Waals surface area contributed by atoms with Gasteiger partial charge in [0.15, 0.2) is 0 Å². The number of carbonyl (C=O) groups is 3. The van der Waals surface area contributed by atoms with Gasteiger partial charge in [0.2, 0.25) is 5.91 Å². The van der Waals surface area contributed by atoms with Crippen LogP contribution >= 0.6 is 0 Å². The number of anilines is 1. The summed E-state index contributed by atoms with van der Waals surface area (Å²) in [6.45, 7) is 7.15. The van der Waals surface area contributed by atoms with Crippen molar-refractivity contribution in [3.8, 4) is 0 Å². The molecule has 5 rings (SSSR count). The van der Waals surface area contributed by atoms with Crippen molar-refractivity contribution in [2.24, 2.45) is 13.0 Å². The van der Waals surface area contributed by atoms with Gasteiger partial charge < -0.3 is 9.80 Å². The maximum atomic E-state index is 13.7. The van der Waals surface area contributed by atoms with Gasteiger partial charge in [-0.1, -0.05) is 18.2 Å². The van der Waals surface area contributed by atoms with E-state index in [0.717, 1.165) is 29.8 Å². The number of imide groups is 1. The van der Waals surface area contributed by atoms with Crippen LogP contribution in [0.4, 0.5) is 10.1 Å². The number of carbonyl (C=O) groups excluding carboxylic acids is 3. The molecule has 2 aromatic carbocycles. The highest BCUT2D eigenvalue weighted by Gasteiger charge is 2.40. The molecule has 2 aliphatic rings. The SMILES string of the molecule is Cc1nn(C)c(C)c1[C@H](C)N(C)C(=O)[C@@H]1CCCN(c2cccc3c2C(=O)N(Cc2cccc(F)c2)C3=O)C1. The maximum absolute atomic E-state index is 13.7. The lowest BCUT2D eigenvalue weighted by Crippen LogP contribution is -2.45. The molecule has 0 radical (unpaired) electrons. The largest absolute Gasteiger partial charge is 0.370 e. The second kappa shape index (κ2) is 10.3. The summed E-state index contributed by atoms with van der Waals surface area (Å²) in [5.41, 5.74) is 4.93. The Hall–Kier alpha value is -4.01. The van der Waals surface area contributed by atoms with Crippen LogP contribution in [0.5, 0.6) is 0 Å². The molecule has 204 valence electrons. The molecule has 1 fully saturated rings. The van der Waals surface area contributed by atoms with Crippen molar-refractivity contribution in [3.63, 3.8) is 0 Å². The molecule has 0 saturated carbocycles. The molecule has 0 unspecified atom stereocenters. The van der Waals surface area contributed by atoms with E-state index in [0.29, 0.717) is 35.5 Å². The monoisotopic (exact) mass is 531 g/mol. The van der Waals surface area contributed by atoms with E-state index in [4.69, 9.17) is 0 Å². The van der Waals surface area contributed by atoms with Crippen LogP contribution in [0, 0.1) is 25.6 Å². The summed E-state index contributed by atoms with van der Waals surface area (Å²) in [6.07, 6.45) is 1.55. The van der Waals surface area contributed by atoms with Gasteiger partial charge >= 0.3 is 0 Å². The lowest BCUT2D eigenvalue weighted by Gasteiger charge is -2.37. The van der Waals surface area contributed by atoms with E-state index in [1.807, 2.05) is 45.6 Å². The molecular formula is C30H34FN5O3. The van der Waals surface area contributed by atoms with E-state index in [-0.39, 0.29) is 30.3 Å². The van der Waals surface area contributed by atoms with Crippen molar-refractivity contribution in [1.82, 2.24) is 19.6 Å². The van der Waals surface area contributed by atoms with E-state index in [9.17, 15) is 18.8 Å².